The standard InChI is InChI=1S/C26H36N4O4S/c1-15(17-6-8-18(9-7-17)23-16(2)28-14-35-23)29-24(33)22-11-20(32)13-30(22)25(34)21(26(3,4)5)10-19(31)12-27/h6-9,14-15,20-22,32H,10-13,27H2,1-5H3,(H,29,33)/t15-,20+,21+,22-/m0/s1. The van der Waals surface area contributed by atoms with E-state index in [-0.39, 0.29) is 49.6 Å². The molecular weight excluding hydrogens is 464 g/mol. The summed E-state index contributed by atoms with van der Waals surface area (Å²) >= 11 is 1.59. The molecule has 2 heterocycles. The van der Waals surface area contributed by atoms with Crippen LogP contribution in [0.1, 0.15) is 57.8 Å². The zero-order valence-electron chi connectivity index (χ0n) is 21.1. The van der Waals surface area contributed by atoms with E-state index < -0.39 is 23.5 Å². The highest BCUT2D eigenvalue weighted by molar-refractivity contribution is 7.13. The molecule has 4 atom stereocenters. The van der Waals surface area contributed by atoms with E-state index in [1.54, 1.807) is 11.3 Å². The van der Waals surface area contributed by atoms with Gasteiger partial charge in [-0.25, -0.2) is 4.98 Å². The molecule has 0 aliphatic carbocycles. The largest absolute Gasteiger partial charge is 0.391 e. The van der Waals surface area contributed by atoms with Crippen LogP contribution in [-0.2, 0) is 14.4 Å². The van der Waals surface area contributed by atoms with Crippen molar-refractivity contribution in [3.63, 3.8) is 0 Å². The molecule has 0 unspecified atom stereocenters. The summed E-state index contributed by atoms with van der Waals surface area (Å²) < 4.78 is 0. The second-order valence-corrected chi connectivity index (χ2v) is 11.2. The zero-order valence-corrected chi connectivity index (χ0v) is 21.9. The number of hydrogen-bond acceptors (Lipinski definition) is 7. The molecule has 0 radical (unpaired) electrons. The van der Waals surface area contributed by atoms with Crippen molar-refractivity contribution in [1.82, 2.24) is 15.2 Å². The fraction of sp³-hybridized carbons (Fsp3) is 0.538. The van der Waals surface area contributed by atoms with Crippen molar-refractivity contribution in [2.24, 2.45) is 17.1 Å². The Hall–Kier alpha value is -2.62. The number of Topliss-reactive ketones (excluding diaryl/α,β-unsaturated/α-hetero) is 1. The first-order chi connectivity index (χ1) is 16.4. The Kier molecular flexibility index (Phi) is 8.46. The second-order valence-electron chi connectivity index (χ2n) is 10.4. The molecule has 2 aromatic rings. The van der Waals surface area contributed by atoms with Crippen LogP contribution in [0.2, 0.25) is 0 Å². The number of benzene rings is 1. The smallest absolute Gasteiger partial charge is 0.243 e. The minimum Gasteiger partial charge on any atom is -0.391 e. The number of nitrogens with zero attached hydrogens (tertiary/aromatic N) is 2. The van der Waals surface area contributed by atoms with Gasteiger partial charge >= 0.3 is 0 Å². The maximum absolute atomic E-state index is 13.5. The SMILES string of the molecule is Cc1ncsc1-c1ccc([C@H](C)NC(=O)[C@@H]2C[C@@H](O)CN2C(=O)[C@@H](CC(=O)CN)C(C)(C)C)cc1. The Morgan fingerprint density at radius 2 is 1.91 bits per heavy atom. The molecule has 1 aliphatic heterocycles. The third-order valence-corrected chi connectivity index (χ3v) is 7.62. The van der Waals surface area contributed by atoms with Crippen LogP contribution in [0.25, 0.3) is 10.4 Å². The van der Waals surface area contributed by atoms with Crippen LogP contribution in [0, 0.1) is 18.3 Å². The lowest BCUT2D eigenvalue weighted by Gasteiger charge is -2.35. The number of aliphatic hydroxyl groups is 1. The third kappa shape index (κ3) is 6.34. The van der Waals surface area contributed by atoms with Crippen LogP contribution in [-0.4, -0.2) is 57.8 Å². The normalized spacial score (nSPS) is 19.9. The number of nitrogens with one attached hydrogen (secondary N) is 1. The number of likely N-dealkylation sites (tertiary alicyclic amines) is 1. The Labute approximate surface area is 210 Å². The van der Waals surface area contributed by atoms with Gasteiger partial charge in [0, 0.05) is 25.3 Å². The molecule has 2 amide bonds. The quantitative estimate of drug-likeness (QED) is 0.512. The lowest BCUT2D eigenvalue weighted by molar-refractivity contribution is -0.146. The maximum Gasteiger partial charge on any atom is 0.243 e. The van der Waals surface area contributed by atoms with Gasteiger partial charge in [-0.3, -0.25) is 14.4 Å². The Balaban J connectivity index is 1.73. The molecule has 0 saturated carbocycles. The van der Waals surface area contributed by atoms with Crippen LogP contribution in [0.3, 0.4) is 0 Å². The summed E-state index contributed by atoms with van der Waals surface area (Å²) in [5, 5.41) is 13.3. The first kappa shape index (κ1) is 27.0. The molecule has 1 aliphatic rings. The van der Waals surface area contributed by atoms with E-state index in [0.717, 1.165) is 21.7 Å². The Bertz CT molecular complexity index is 1060. The van der Waals surface area contributed by atoms with Crippen LogP contribution in [0.15, 0.2) is 29.8 Å². The van der Waals surface area contributed by atoms with Gasteiger partial charge in [0.15, 0.2) is 0 Å². The third-order valence-electron chi connectivity index (χ3n) is 6.64. The number of rotatable bonds is 8. The van der Waals surface area contributed by atoms with Gasteiger partial charge in [0.05, 0.1) is 34.8 Å². The minimum absolute atomic E-state index is 0.0156. The summed E-state index contributed by atoms with van der Waals surface area (Å²) in [6, 6.07) is 6.88. The van der Waals surface area contributed by atoms with Gasteiger partial charge in [-0.1, -0.05) is 45.0 Å². The van der Waals surface area contributed by atoms with E-state index in [4.69, 9.17) is 5.73 Å². The number of aliphatic hydroxyl groups excluding tert-OH is 1. The zero-order chi connectivity index (χ0) is 25.9. The van der Waals surface area contributed by atoms with E-state index >= 15 is 0 Å². The number of ketones is 1. The summed E-state index contributed by atoms with van der Waals surface area (Å²) in [6.45, 7) is 9.46. The molecule has 1 aromatic carbocycles. The molecular formula is C26H36N4O4S. The number of aryl methyl sites for hydroxylation is 1. The summed E-state index contributed by atoms with van der Waals surface area (Å²) in [4.78, 5) is 45.6. The molecule has 190 valence electrons. The van der Waals surface area contributed by atoms with Gasteiger partial charge in [-0.2, -0.15) is 0 Å². The predicted octanol–water partition coefficient (Wildman–Crippen LogP) is 2.84. The average molecular weight is 501 g/mol. The highest BCUT2D eigenvalue weighted by Crippen LogP contribution is 2.34. The van der Waals surface area contributed by atoms with Gasteiger partial charge < -0.3 is 21.1 Å². The molecule has 0 bridgehead atoms. The number of thiazole rings is 1. The molecule has 8 nitrogen and oxygen atoms in total. The van der Waals surface area contributed by atoms with Crippen molar-refractivity contribution in [3.05, 3.63) is 41.0 Å². The summed E-state index contributed by atoms with van der Waals surface area (Å²) in [7, 11) is 0. The van der Waals surface area contributed by atoms with E-state index in [0.29, 0.717) is 0 Å². The summed E-state index contributed by atoms with van der Waals surface area (Å²) in [6.07, 6.45) is -0.616. The topological polar surface area (TPSA) is 126 Å². The lowest BCUT2D eigenvalue weighted by Crippen LogP contribution is -2.50. The van der Waals surface area contributed by atoms with Crippen molar-refractivity contribution in [2.75, 3.05) is 13.1 Å². The first-order valence-corrected chi connectivity index (χ1v) is 12.8. The van der Waals surface area contributed by atoms with E-state index in [1.807, 2.05) is 64.4 Å². The van der Waals surface area contributed by atoms with Crippen molar-refractivity contribution in [3.8, 4) is 10.4 Å². The fourth-order valence-electron chi connectivity index (χ4n) is 4.48. The fourth-order valence-corrected chi connectivity index (χ4v) is 5.29. The van der Waals surface area contributed by atoms with Crippen LogP contribution in [0.4, 0.5) is 0 Å². The van der Waals surface area contributed by atoms with Gasteiger partial charge in [0.25, 0.3) is 0 Å². The van der Waals surface area contributed by atoms with Gasteiger partial charge in [-0.05, 0) is 30.4 Å². The highest BCUT2D eigenvalue weighted by atomic mass is 32.1. The van der Waals surface area contributed by atoms with E-state index in [2.05, 4.69) is 10.3 Å². The van der Waals surface area contributed by atoms with E-state index in [1.165, 1.54) is 4.90 Å². The molecule has 0 spiro atoms. The van der Waals surface area contributed by atoms with Crippen molar-refractivity contribution in [2.45, 2.75) is 65.6 Å². The number of nitrogens with two attached hydrogens (primary N) is 1. The lowest BCUT2D eigenvalue weighted by atomic mass is 9.76. The molecule has 4 N–H and O–H groups in total. The summed E-state index contributed by atoms with van der Waals surface area (Å²) in [5.41, 5.74) is 9.80. The molecule has 1 fully saturated rings. The number of hydrogen-bond donors (Lipinski definition) is 3. The Morgan fingerprint density at radius 1 is 1.26 bits per heavy atom. The number of carbonyl (C=O) groups is 3. The first-order valence-electron chi connectivity index (χ1n) is 11.9. The van der Waals surface area contributed by atoms with Crippen LogP contribution < -0.4 is 11.1 Å². The molecule has 1 saturated heterocycles. The predicted molar refractivity (Wildman–Crippen MR) is 137 cm³/mol. The average Bonchev–Trinajstić information content (AvgIpc) is 3.41. The molecule has 35 heavy (non-hydrogen) atoms. The summed E-state index contributed by atoms with van der Waals surface area (Å²) in [5.74, 6) is -1.44. The van der Waals surface area contributed by atoms with Crippen LogP contribution in [0.5, 0.6) is 0 Å². The van der Waals surface area contributed by atoms with E-state index in [9.17, 15) is 19.5 Å². The van der Waals surface area contributed by atoms with Gasteiger partial charge in [-0.15, -0.1) is 11.3 Å². The number of aromatic nitrogens is 1. The monoisotopic (exact) mass is 500 g/mol. The number of carbonyl (C=O) groups excluding carboxylic acids is 3. The van der Waals surface area contributed by atoms with Gasteiger partial charge in [0.2, 0.25) is 11.8 Å². The second kappa shape index (κ2) is 11.0. The minimum atomic E-state index is -0.795. The number of amides is 2. The number of β-amino-alcohol motifs (C(OH)–C–C–N with tert-alkyl or cyclic N) is 1. The van der Waals surface area contributed by atoms with Crippen LogP contribution >= 0.6 is 11.3 Å². The molecule has 3 rings (SSSR count). The maximum atomic E-state index is 13.5. The Morgan fingerprint density at radius 3 is 2.46 bits per heavy atom. The van der Waals surface area contributed by atoms with Gasteiger partial charge in [0.1, 0.15) is 11.8 Å². The van der Waals surface area contributed by atoms with Crippen molar-refractivity contribution in [1.29, 1.82) is 0 Å². The molecule has 1 aromatic heterocycles. The highest BCUT2D eigenvalue weighted by Gasteiger charge is 2.44. The van der Waals surface area contributed by atoms with Crippen molar-refractivity contribution < 1.29 is 19.5 Å². The molecule has 9 heteroatoms. The van der Waals surface area contributed by atoms with Crippen molar-refractivity contribution >= 4 is 28.9 Å².